The molecule has 7 nitrogen and oxygen atoms in total. The third-order valence-corrected chi connectivity index (χ3v) is 4.59. The van der Waals surface area contributed by atoms with E-state index in [1.54, 1.807) is 24.4 Å². The molecule has 0 bridgehead atoms. The molecule has 0 aliphatic carbocycles. The minimum atomic E-state index is -0.445. The molecule has 1 aromatic carbocycles. The van der Waals surface area contributed by atoms with Gasteiger partial charge in [-0.25, -0.2) is 4.79 Å². The molecular weight excluding hydrogens is 416 g/mol. The second-order valence-electron chi connectivity index (χ2n) is 7.20. The van der Waals surface area contributed by atoms with E-state index < -0.39 is 5.97 Å². The van der Waals surface area contributed by atoms with E-state index in [1.807, 2.05) is 24.6 Å². The molecule has 2 heterocycles. The van der Waals surface area contributed by atoms with E-state index in [4.69, 9.17) is 16.3 Å². The molecule has 3 aromatic rings. The highest BCUT2D eigenvalue weighted by atomic mass is 35.5. The summed E-state index contributed by atoms with van der Waals surface area (Å²) in [7, 11) is 1.32. The molecule has 31 heavy (non-hydrogen) atoms. The number of rotatable bonds is 7. The molecule has 0 unspecified atom stereocenters. The van der Waals surface area contributed by atoms with E-state index in [2.05, 4.69) is 29.2 Å². The Labute approximate surface area is 187 Å². The van der Waals surface area contributed by atoms with Crippen molar-refractivity contribution in [1.82, 2.24) is 20.1 Å². The first-order valence-corrected chi connectivity index (χ1v) is 10.7. The van der Waals surface area contributed by atoms with Crippen molar-refractivity contribution in [1.29, 1.82) is 0 Å². The first-order chi connectivity index (χ1) is 14.9. The molecular formula is C23H29ClN4O3. The average Bonchev–Trinajstić information content (AvgIpc) is 3.15. The molecule has 0 spiro atoms. The lowest BCUT2D eigenvalue weighted by Gasteiger charge is -2.11. The van der Waals surface area contributed by atoms with Gasteiger partial charge in [0.15, 0.2) is 0 Å². The maximum Gasteiger partial charge on any atom is 0.337 e. The van der Waals surface area contributed by atoms with Crippen molar-refractivity contribution in [2.45, 2.75) is 47.2 Å². The van der Waals surface area contributed by atoms with Gasteiger partial charge in [0, 0.05) is 23.2 Å². The summed E-state index contributed by atoms with van der Waals surface area (Å²) in [5, 5.41) is 8.76. The van der Waals surface area contributed by atoms with Crippen LogP contribution in [0.2, 0.25) is 5.02 Å². The third-order valence-electron chi connectivity index (χ3n) is 4.37. The van der Waals surface area contributed by atoms with Crippen molar-refractivity contribution in [3.8, 4) is 0 Å². The average molecular weight is 445 g/mol. The van der Waals surface area contributed by atoms with Crippen molar-refractivity contribution in [3.63, 3.8) is 0 Å². The fourth-order valence-electron chi connectivity index (χ4n) is 3.14. The van der Waals surface area contributed by atoms with Gasteiger partial charge in [-0.05, 0) is 35.7 Å². The van der Waals surface area contributed by atoms with Crippen molar-refractivity contribution < 1.29 is 14.3 Å². The second-order valence-corrected chi connectivity index (χ2v) is 7.64. The summed E-state index contributed by atoms with van der Waals surface area (Å²) in [6, 6.07) is 6.82. The first kappa shape index (κ1) is 24.3. The number of nitrogens with zero attached hydrogens (tertiary/aromatic N) is 3. The number of esters is 1. The number of aromatic nitrogens is 3. The maximum atomic E-state index is 12.6. The van der Waals surface area contributed by atoms with Crippen LogP contribution in [0.1, 0.15) is 49.3 Å². The number of hydrogen-bond donors (Lipinski definition) is 1. The van der Waals surface area contributed by atoms with Gasteiger partial charge < -0.3 is 10.1 Å². The van der Waals surface area contributed by atoms with Crippen LogP contribution in [0.5, 0.6) is 0 Å². The fourth-order valence-corrected chi connectivity index (χ4v) is 3.39. The molecule has 2 aromatic heterocycles. The van der Waals surface area contributed by atoms with Gasteiger partial charge in [0.25, 0.3) is 0 Å². The highest BCUT2D eigenvalue weighted by Gasteiger charge is 2.14. The van der Waals surface area contributed by atoms with Gasteiger partial charge in [-0.2, -0.15) is 5.10 Å². The molecule has 166 valence electrons. The number of amides is 1. The van der Waals surface area contributed by atoms with E-state index in [0.717, 1.165) is 23.0 Å². The van der Waals surface area contributed by atoms with E-state index in [1.165, 1.54) is 13.3 Å². The predicted molar refractivity (Wildman–Crippen MR) is 122 cm³/mol. The van der Waals surface area contributed by atoms with Gasteiger partial charge >= 0.3 is 5.97 Å². The van der Waals surface area contributed by atoms with Gasteiger partial charge in [0.1, 0.15) is 0 Å². The van der Waals surface area contributed by atoms with Crippen molar-refractivity contribution in [3.05, 3.63) is 58.5 Å². The van der Waals surface area contributed by atoms with Crippen LogP contribution in [-0.4, -0.2) is 33.8 Å². The predicted octanol–water partition coefficient (Wildman–Crippen LogP) is 4.41. The number of fused-ring (bicyclic) bond motifs is 1. The van der Waals surface area contributed by atoms with Crippen LogP contribution in [0, 0.1) is 5.92 Å². The zero-order chi connectivity index (χ0) is 23.0. The smallest absolute Gasteiger partial charge is 0.337 e. The van der Waals surface area contributed by atoms with E-state index in [9.17, 15) is 9.59 Å². The Balaban J connectivity index is 0.00000166. The lowest BCUT2D eigenvalue weighted by molar-refractivity contribution is -0.120. The minimum absolute atomic E-state index is 0.164. The minimum Gasteiger partial charge on any atom is -0.465 e. The summed E-state index contributed by atoms with van der Waals surface area (Å²) in [5.74, 6) is -0.195. The normalized spacial score (nSPS) is 10.5. The number of carbonyl (C=O) groups is 2. The van der Waals surface area contributed by atoms with Gasteiger partial charge in [-0.3, -0.25) is 14.5 Å². The number of nitrogens with one attached hydrogen (secondary N) is 1. The summed E-state index contributed by atoms with van der Waals surface area (Å²) >= 11 is 6.23. The molecule has 1 N–H and O–H groups in total. The Morgan fingerprint density at radius 2 is 1.97 bits per heavy atom. The number of hydrogen-bond acceptors (Lipinski definition) is 5. The monoisotopic (exact) mass is 444 g/mol. The Morgan fingerprint density at radius 3 is 2.65 bits per heavy atom. The van der Waals surface area contributed by atoms with E-state index >= 15 is 0 Å². The van der Waals surface area contributed by atoms with Gasteiger partial charge in [0.2, 0.25) is 5.91 Å². The summed E-state index contributed by atoms with van der Waals surface area (Å²) in [6.45, 7) is 9.19. The van der Waals surface area contributed by atoms with Crippen LogP contribution in [0.25, 0.3) is 10.9 Å². The van der Waals surface area contributed by atoms with Gasteiger partial charge in [0.05, 0.1) is 43.0 Å². The second kappa shape index (κ2) is 11.5. The van der Waals surface area contributed by atoms with Crippen LogP contribution < -0.4 is 5.32 Å². The quantitative estimate of drug-likeness (QED) is 0.545. The molecule has 8 heteroatoms. The van der Waals surface area contributed by atoms with Crippen LogP contribution >= 0.6 is 11.6 Å². The Hall–Kier alpha value is -2.93. The van der Waals surface area contributed by atoms with Crippen molar-refractivity contribution in [2.24, 2.45) is 5.92 Å². The van der Waals surface area contributed by atoms with Crippen LogP contribution in [0.15, 0.2) is 36.7 Å². The van der Waals surface area contributed by atoms with Crippen LogP contribution in [0.4, 0.5) is 0 Å². The fraction of sp³-hybridized carbons (Fsp3) is 0.391. The molecule has 0 saturated heterocycles. The Morgan fingerprint density at radius 1 is 1.23 bits per heavy atom. The largest absolute Gasteiger partial charge is 0.465 e. The molecule has 0 atom stereocenters. The highest BCUT2D eigenvalue weighted by Crippen LogP contribution is 2.25. The zero-order valence-corrected chi connectivity index (χ0v) is 19.4. The molecule has 0 radical (unpaired) electrons. The summed E-state index contributed by atoms with van der Waals surface area (Å²) in [4.78, 5) is 28.4. The Bertz CT molecular complexity index is 1050. The molecule has 1 amide bonds. The first-order valence-electron chi connectivity index (χ1n) is 10.3. The van der Waals surface area contributed by atoms with E-state index in [-0.39, 0.29) is 18.9 Å². The summed E-state index contributed by atoms with van der Waals surface area (Å²) < 4.78 is 6.62. The molecule has 0 aliphatic rings. The van der Waals surface area contributed by atoms with Crippen molar-refractivity contribution in [2.75, 3.05) is 7.11 Å². The number of halogens is 1. The maximum absolute atomic E-state index is 12.6. The number of ether oxygens (including phenoxy) is 1. The molecule has 0 aliphatic heterocycles. The number of benzene rings is 1. The third kappa shape index (κ3) is 6.52. The lowest BCUT2D eigenvalue weighted by Crippen LogP contribution is -2.25. The zero-order valence-electron chi connectivity index (χ0n) is 18.6. The number of methoxy groups -OCH3 is 1. The summed E-state index contributed by atoms with van der Waals surface area (Å²) in [5.41, 5.74) is 2.70. The highest BCUT2D eigenvalue weighted by molar-refractivity contribution is 6.31. The van der Waals surface area contributed by atoms with Crippen LogP contribution in [0.3, 0.4) is 0 Å². The molecule has 0 saturated carbocycles. The molecule has 3 rings (SSSR count). The topological polar surface area (TPSA) is 86.1 Å². The Kier molecular flexibility index (Phi) is 9.00. The van der Waals surface area contributed by atoms with Gasteiger partial charge in [-0.15, -0.1) is 0 Å². The number of pyridine rings is 1. The van der Waals surface area contributed by atoms with Crippen LogP contribution in [-0.2, 0) is 29.0 Å². The van der Waals surface area contributed by atoms with Crippen molar-refractivity contribution >= 4 is 34.4 Å². The molecule has 0 fully saturated rings. The number of carbonyl (C=O) groups excluding carboxylic acids is 2. The van der Waals surface area contributed by atoms with E-state index in [0.29, 0.717) is 22.2 Å². The SMILES string of the molecule is CC.COC(=O)c1ccnc(CNC(=O)Cc2cc(Cl)cc3cnn(CC(C)C)c23)c1. The standard InChI is InChI=1S/C21H23ClN4O3.C2H6/c1-13(2)12-26-20-15(6-17(22)7-16(20)10-25-26)9-19(27)24-11-18-8-14(4-5-23-18)21(28)29-3;1-2/h4-8,10,13H,9,11-12H2,1-3H3,(H,24,27);1-2H3. The summed E-state index contributed by atoms with van der Waals surface area (Å²) in [6.07, 6.45) is 3.45. The lowest BCUT2D eigenvalue weighted by atomic mass is 10.1. The van der Waals surface area contributed by atoms with Gasteiger partial charge in [-0.1, -0.05) is 39.3 Å².